The summed E-state index contributed by atoms with van der Waals surface area (Å²) in [5.41, 5.74) is 1.37. The molecule has 2 aliphatic rings. The maximum atomic E-state index is 12.6. The van der Waals surface area contributed by atoms with Crippen molar-refractivity contribution in [3.05, 3.63) is 11.4 Å². The average molecular weight is 421 g/mol. The molecule has 156 valence electrons. The largest absolute Gasteiger partial charge is 0.350 e. The molecule has 2 fully saturated rings. The number of piperidine rings is 2. The second-order valence-electron chi connectivity index (χ2n) is 7.76. The Hall–Kier alpha value is -0.890. The summed E-state index contributed by atoms with van der Waals surface area (Å²) in [7, 11) is 0. The monoisotopic (exact) mass is 420 g/mol. The lowest BCUT2D eigenvalue weighted by Crippen LogP contribution is -2.43. The number of hydrogen-bond donors (Lipinski definition) is 2. The molecule has 9 heteroatoms. The summed E-state index contributed by atoms with van der Waals surface area (Å²) < 4.78 is 1.94. The van der Waals surface area contributed by atoms with Gasteiger partial charge in [0.1, 0.15) is 0 Å². The zero-order chi connectivity index (χ0) is 17.8. The average Bonchev–Trinajstić information content (AvgIpc) is 3.02. The molecular weight excluding hydrogens is 387 g/mol. The quantitative estimate of drug-likeness (QED) is 0.763. The Bertz CT molecular complexity index is 588. The molecule has 1 amide bonds. The highest BCUT2D eigenvalue weighted by atomic mass is 35.5. The van der Waals surface area contributed by atoms with Gasteiger partial charge in [0.2, 0.25) is 0 Å². The van der Waals surface area contributed by atoms with Crippen molar-refractivity contribution in [2.75, 3.05) is 32.7 Å². The van der Waals surface area contributed by atoms with Gasteiger partial charge in [-0.25, -0.2) is 4.68 Å². The topological polar surface area (TPSA) is 75.1 Å². The first kappa shape index (κ1) is 24.1. The van der Waals surface area contributed by atoms with Gasteiger partial charge in [0, 0.05) is 19.1 Å². The first-order valence-electron chi connectivity index (χ1n) is 9.71. The number of nitrogens with one attached hydrogen (secondary N) is 2. The zero-order valence-electron chi connectivity index (χ0n) is 16.6. The van der Waals surface area contributed by atoms with E-state index >= 15 is 0 Å². The maximum absolute atomic E-state index is 12.6. The maximum Gasteiger partial charge on any atom is 0.273 e. The third-order valence-corrected chi connectivity index (χ3v) is 5.63. The summed E-state index contributed by atoms with van der Waals surface area (Å²) in [6.07, 6.45) is 4.48. The summed E-state index contributed by atoms with van der Waals surface area (Å²) in [6.45, 7) is 11.4. The van der Waals surface area contributed by atoms with Crippen LogP contribution in [0, 0.1) is 12.8 Å². The summed E-state index contributed by atoms with van der Waals surface area (Å²) >= 11 is 0. The van der Waals surface area contributed by atoms with Gasteiger partial charge in [-0.15, -0.1) is 29.9 Å². The standard InChI is InChI=1S/C18H32N6O.2ClH/c1-13(2)23-10-4-5-15(12-23)11-20-18(25)17-14(3)24(22-21-17)16-6-8-19-9-7-16;;/h13,15-16,19H,4-12H2,1-3H3,(H,20,25);2*1H. The van der Waals surface area contributed by atoms with Crippen molar-refractivity contribution in [2.24, 2.45) is 5.92 Å². The van der Waals surface area contributed by atoms with Crippen LogP contribution in [0.3, 0.4) is 0 Å². The van der Waals surface area contributed by atoms with E-state index in [1.807, 2.05) is 11.6 Å². The lowest BCUT2D eigenvalue weighted by atomic mass is 9.97. The van der Waals surface area contributed by atoms with Crippen molar-refractivity contribution >= 4 is 30.7 Å². The van der Waals surface area contributed by atoms with E-state index in [2.05, 4.69) is 39.7 Å². The molecule has 7 nitrogen and oxygen atoms in total. The number of hydrogen-bond acceptors (Lipinski definition) is 5. The Labute approximate surface area is 174 Å². The molecule has 0 spiro atoms. The Morgan fingerprint density at radius 2 is 1.96 bits per heavy atom. The van der Waals surface area contributed by atoms with E-state index in [9.17, 15) is 4.79 Å². The number of carbonyl (C=O) groups is 1. The van der Waals surface area contributed by atoms with Gasteiger partial charge >= 0.3 is 0 Å². The molecule has 3 rings (SSSR count). The van der Waals surface area contributed by atoms with Gasteiger partial charge in [0.25, 0.3) is 5.91 Å². The van der Waals surface area contributed by atoms with E-state index < -0.39 is 0 Å². The lowest BCUT2D eigenvalue weighted by molar-refractivity contribution is 0.0917. The molecule has 1 atom stereocenters. The summed E-state index contributed by atoms with van der Waals surface area (Å²) in [5, 5.41) is 14.9. The minimum Gasteiger partial charge on any atom is -0.350 e. The van der Waals surface area contributed by atoms with Crippen LogP contribution in [-0.4, -0.2) is 64.6 Å². The fourth-order valence-corrected chi connectivity index (χ4v) is 4.00. The molecule has 3 heterocycles. The van der Waals surface area contributed by atoms with Crippen LogP contribution in [0.25, 0.3) is 0 Å². The van der Waals surface area contributed by atoms with Gasteiger partial charge in [-0.05, 0) is 72.0 Å². The summed E-state index contributed by atoms with van der Waals surface area (Å²) in [6, 6.07) is 0.930. The molecule has 27 heavy (non-hydrogen) atoms. The number of carbonyl (C=O) groups excluding carboxylic acids is 1. The number of nitrogens with zero attached hydrogens (tertiary/aromatic N) is 4. The number of likely N-dealkylation sites (tertiary alicyclic amines) is 1. The predicted molar refractivity (Wildman–Crippen MR) is 112 cm³/mol. The molecular formula is C18H34Cl2N6O. The fraction of sp³-hybridized carbons (Fsp3) is 0.833. The summed E-state index contributed by atoms with van der Waals surface area (Å²) in [4.78, 5) is 15.1. The molecule has 0 radical (unpaired) electrons. The number of halogens is 2. The van der Waals surface area contributed by atoms with Crippen LogP contribution in [0.2, 0.25) is 0 Å². The van der Waals surface area contributed by atoms with Crippen LogP contribution in [0.15, 0.2) is 0 Å². The molecule has 0 aromatic carbocycles. The molecule has 2 aliphatic heterocycles. The third-order valence-electron chi connectivity index (χ3n) is 5.63. The predicted octanol–water partition coefficient (Wildman–Crippen LogP) is 2.20. The zero-order valence-corrected chi connectivity index (χ0v) is 18.2. The number of aromatic nitrogens is 3. The highest BCUT2D eigenvalue weighted by Gasteiger charge is 2.25. The lowest BCUT2D eigenvalue weighted by Gasteiger charge is -2.35. The molecule has 0 saturated carbocycles. The Morgan fingerprint density at radius 3 is 2.63 bits per heavy atom. The van der Waals surface area contributed by atoms with E-state index in [-0.39, 0.29) is 30.7 Å². The van der Waals surface area contributed by atoms with Crippen LogP contribution >= 0.6 is 24.8 Å². The van der Waals surface area contributed by atoms with Crippen LogP contribution in [0.1, 0.15) is 61.8 Å². The van der Waals surface area contributed by atoms with E-state index in [1.54, 1.807) is 0 Å². The first-order valence-corrected chi connectivity index (χ1v) is 9.71. The number of amides is 1. The van der Waals surface area contributed by atoms with Gasteiger partial charge in [0.05, 0.1) is 11.7 Å². The van der Waals surface area contributed by atoms with Crippen LogP contribution in [0.5, 0.6) is 0 Å². The van der Waals surface area contributed by atoms with Crippen molar-refractivity contribution in [3.63, 3.8) is 0 Å². The Balaban J connectivity index is 0.00000182. The highest BCUT2D eigenvalue weighted by molar-refractivity contribution is 5.93. The normalized spacial score (nSPS) is 21.4. The van der Waals surface area contributed by atoms with E-state index in [4.69, 9.17) is 0 Å². The van der Waals surface area contributed by atoms with Crippen molar-refractivity contribution < 1.29 is 4.79 Å². The minimum atomic E-state index is -0.0839. The second kappa shape index (κ2) is 11.2. The van der Waals surface area contributed by atoms with Gasteiger partial charge in [-0.3, -0.25) is 4.79 Å². The first-order chi connectivity index (χ1) is 12.1. The minimum absolute atomic E-state index is 0. The molecule has 1 aromatic rings. The number of rotatable bonds is 5. The van der Waals surface area contributed by atoms with E-state index in [0.717, 1.165) is 44.7 Å². The molecule has 2 saturated heterocycles. The van der Waals surface area contributed by atoms with Crippen molar-refractivity contribution in [3.8, 4) is 0 Å². The highest BCUT2D eigenvalue weighted by Crippen LogP contribution is 2.21. The molecule has 0 aliphatic carbocycles. The van der Waals surface area contributed by atoms with Crippen LogP contribution < -0.4 is 10.6 Å². The Kier molecular flexibility index (Phi) is 10.0. The second-order valence-corrected chi connectivity index (χ2v) is 7.76. The smallest absolute Gasteiger partial charge is 0.273 e. The SMILES string of the molecule is Cc1c(C(=O)NCC2CCCN(C(C)C)C2)nnn1C1CCNCC1.Cl.Cl. The summed E-state index contributed by atoms with van der Waals surface area (Å²) in [5.74, 6) is 0.444. The van der Waals surface area contributed by atoms with Crippen molar-refractivity contribution in [1.82, 2.24) is 30.5 Å². The van der Waals surface area contributed by atoms with Gasteiger partial charge in [-0.1, -0.05) is 5.21 Å². The van der Waals surface area contributed by atoms with Gasteiger partial charge in [0.15, 0.2) is 5.69 Å². The van der Waals surface area contributed by atoms with Gasteiger partial charge < -0.3 is 15.5 Å². The molecule has 1 unspecified atom stereocenters. The van der Waals surface area contributed by atoms with Crippen LogP contribution in [-0.2, 0) is 0 Å². The van der Waals surface area contributed by atoms with Crippen LogP contribution in [0.4, 0.5) is 0 Å². The Morgan fingerprint density at radius 1 is 1.26 bits per heavy atom. The van der Waals surface area contributed by atoms with Crippen molar-refractivity contribution in [2.45, 2.75) is 58.5 Å². The van der Waals surface area contributed by atoms with E-state index in [1.165, 1.54) is 19.4 Å². The molecule has 1 aromatic heterocycles. The van der Waals surface area contributed by atoms with Gasteiger partial charge in [-0.2, -0.15) is 0 Å². The molecule has 2 N–H and O–H groups in total. The third kappa shape index (κ3) is 6.04. The molecule has 0 bridgehead atoms. The fourth-order valence-electron chi connectivity index (χ4n) is 4.00. The van der Waals surface area contributed by atoms with E-state index in [0.29, 0.717) is 23.7 Å². The van der Waals surface area contributed by atoms with Crippen molar-refractivity contribution in [1.29, 1.82) is 0 Å².